The van der Waals surface area contributed by atoms with Gasteiger partial charge in [-0.1, -0.05) is 56.5 Å². The van der Waals surface area contributed by atoms with E-state index in [4.69, 9.17) is 4.74 Å². The number of benzene rings is 1. The van der Waals surface area contributed by atoms with Crippen molar-refractivity contribution in [2.75, 3.05) is 6.61 Å². The van der Waals surface area contributed by atoms with E-state index in [1.165, 1.54) is 24.0 Å². The fraction of sp³-hybridized carbons (Fsp3) is 0.526. The van der Waals surface area contributed by atoms with Crippen LogP contribution in [0.1, 0.15) is 56.9 Å². The lowest BCUT2D eigenvalue weighted by atomic mass is 9.80. The number of Topliss-reactive ketones (excluding diaryl/α,β-unsaturated/α-hetero) is 1. The predicted octanol–water partition coefficient (Wildman–Crippen LogP) is 4.61. The number of ketones is 1. The zero-order chi connectivity index (χ0) is 14.7. The Morgan fingerprint density at radius 3 is 2.76 bits per heavy atom. The third-order valence-corrected chi connectivity index (χ3v) is 4.74. The van der Waals surface area contributed by atoms with E-state index in [9.17, 15) is 4.79 Å². The molecule has 3 rings (SSSR count). The lowest BCUT2D eigenvalue weighted by molar-refractivity contribution is -0.122. The fourth-order valence-corrected chi connectivity index (χ4v) is 3.74. The summed E-state index contributed by atoms with van der Waals surface area (Å²) in [4.78, 5) is 12.7. The van der Waals surface area contributed by atoms with Crippen LogP contribution in [0, 0.1) is 5.92 Å². The van der Waals surface area contributed by atoms with E-state index in [2.05, 4.69) is 31.2 Å². The molecule has 0 fully saturated rings. The molecule has 1 aliphatic heterocycles. The van der Waals surface area contributed by atoms with E-state index < -0.39 is 0 Å². The van der Waals surface area contributed by atoms with Gasteiger partial charge in [0, 0.05) is 11.8 Å². The van der Waals surface area contributed by atoms with Crippen LogP contribution < -0.4 is 0 Å². The first-order chi connectivity index (χ1) is 10.3. The Hall–Kier alpha value is -1.57. The van der Waals surface area contributed by atoms with Crippen LogP contribution in [-0.4, -0.2) is 12.4 Å². The molecule has 0 unspecified atom stereocenters. The maximum Gasteiger partial charge on any atom is 0.201 e. The molecule has 1 aliphatic carbocycles. The van der Waals surface area contributed by atoms with Crippen LogP contribution in [0.3, 0.4) is 0 Å². The molecule has 21 heavy (non-hydrogen) atoms. The van der Waals surface area contributed by atoms with Crippen molar-refractivity contribution in [3.05, 3.63) is 47.2 Å². The molecule has 2 aliphatic rings. The minimum absolute atomic E-state index is 0.0991. The Balaban J connectivity index is 1.90. The zero-order valence-electron chi connectivity index (χ0n) is 12.8. The SMILES string of the molecule is CCCCC[C@H]1C(=O)C2=C(CCCO2)[C@@H]1c1ccccc1. The summed E-state index contributed by atoms with van der Waals surface area (Å²) >= 11 is 0. The van der Waals surface area contributed by atoms with Gasteiger partial charge in [-0.2, -0.15) is 0 Å². The minimum Gasteiger partial charge on any atom is -0.490 e. The van der Waals surface area contributed by atoms with Crippen molar-refractivity contribution in [2.45, 2.75) is 51.4 Å². The predicted molar refractivity (Wildman–Crippen MR) is 84.0 cm³/mol. The van der Waals surface area contributed by atoms with Gasteiger partial charge in [0.15, 0.2) is 5.76 Å². The van der Waals surface area contributed by atoms with Gasteiger partial charge in [-0.15, -0.1) is 0 Å². The summed E-state index contributed by atoms with van der Waals surface area (Å²) in [6, 6.07) is 10.5. The highest BCUT2D eigenvalue weighted by molar-refractivity contribution is 6.00. The molecule has 112 valence electrons. The first kappa shape index (κ1) is 14.4. The minimum atomic E-state index is 0.0991. The van der Waals surface area contributed by atoms with Crippen LogP contribution in [-0.2, 0) is 9.53 Å². The Labute approximate surface area is 127 Å². The molecule has 2 nitrogen and oxygen atoms in total. The lowest BCUT2D eigenvalue weighted by Gasteiger charge is -2.22. The summed E-state index contributed by atoms with van der Waals surface area (Å²) in [6.07, 6.45) is 6.58. The van der Waals surface area contributed by atoms with E-state index in [0.717, 1.165) is 25.7 Å². The molecule has 0 radical (unpaired) electrons. The molecule has 0 N–H and O–H groups in total. The number of carbonyl (C=O) groups excluding carboxylic acids is 1. The van der Waals surface area contributed by atoms with Crippen molar-refractivity contribution >= 4 is 5.78 Å². The van der Waals surface area contributed by atoms with E-state index in [-0.39, 0.29) is 17.6 Å². The molecule has 1 aromatic carbocycles. The van der Waals surface area contributed by atoms with Crippen LogP contribution >= 0.6 is 0 Å². The van der Waals surface area contributed by atoms with Gasteiger partial charge in [-0.3, -0.25) is 4.79 Å². The second-order valence-electron chi connectivity index (χ2n) is 6.16. The van der Waals surface area contributed by atoms with Gasteiger partial charge in [-0.05, 0) is 30.4 Å². The normalized spacial score (nSPS) is 24.9. The molecule has 0 saturated heterocycles. The van der Waals surface area contributed by atoms with E-state index >= 15 is 0 Å². The number of rotatable bonds is 5. The van der Waals surface area contributed by atoms with Gasteiger partial charge in [0.25, 0.3) is 0 Å². The number of hydrogen-bond acceptors (Lipinski definition) is 2. The number of unbranched alkanes of at least 4 members (excludes halogenated alkanes) is 2. The van der Waals surface area contributed by atoms with Crippen molar-refractivity contribution in [1.29, 1.82) is 0 Å². The molecule has 2 heteroatoms. The Kier molecular flexibility index (Phi) is 4.42. The summed E-state index contributed by atoms with van der Waals surface area (Å²) in [6.45, 7) is 2.91. The van der Waals surface area contributed by atoms with Crippen LogP contribution in [0.4, 0.5) is 0 Å². The summed E-state index contributed by atoms with van der Waals surface area (Å²) in [5.41, 5.74) is 2.54. The zero-order valence-corrected chi connectivity index (χ0v) is 12.8. The molecule has 0 saturated carbocycles. The van der Waals surface area contributed by atoms with E-state index in [0.29, 0.717) is 12.4 Å². The Bertz CT molecular complexity index is 530. The molecular formula is C19H24O2. The van der Waals surface area contributed by atoms with Crippen LogP contribution in [0.2, 0.25) is 0 Å². The van der Waals surface area contributed by atoms with Crippen LogP contribution in [0.25, 0.3) is 0 Å². The Morgan fingerprint density at radius 1 is 1.19 bits per heavy atom. The largest absolute Gasteiger partial charge is 0.490 e. The third-order valence-electron chi connectivity index (χ3n) is 4.74. The highest BCUT2D eigenvalue weighted by Gasteiger charge is 2.44. The van der Waals surface area contributed by atoms with Gasteiger partial charge in [0.1, 0.15) is 0 Å². The van der Waals surface area contributed by atoms with Crippen molar-refractivity contribution in [2.24, 2.45) is 5.92 Å². The topological polar surface area (TPSA) is 26.3 Å². The molecule has 1 heterocycles. The second-order valence-corrected chi connectivity index (χ2v) is 6.16. The standard InChI is InChI=1S/C19H24O2/c1-2-3-5-11-15-17(14-9-6-4-7-10-14)16-12-8-13-21-19(16)18(15)20/h4,6-7,9-10,15,17H,2-3,5,8,11-13H2,1H3/t15-,17-/m1/s1. The Morgan fingerprint density at radius 2 is 2.00 bits per heavy atom. The molecule has 0 amide bonds. The van der Waals surface area contributed by atoms with Crippen LogP contribution in [0.5, 0.6) is 0 Å². The highest BCUT2D eigenvalue weighted by Crippen LogP contribution is 2.47. The van der Waals surface area contributed by atoms with Gasteiger partial charge in [0.05, 0.1) is 6.61 Å². The molecule has 1 aromatic rings. The number of carbonyl (C=O) groups is 1. The summed E-state index contributed by atoms with van der Waals surface area (Å²) in [7, 11) is 0. The summed E-state index contributed by atoms with van der Waals surface area (Å²) in [5.74, 6) is 1.32. The van der Waals surface area contributed by atoms with Gasteiger partial charge >= 0.3 is 0 Å². The monoisotopic (exact) mass is 284 g/mol. The van der Waals surface area contributed by atoms with Gasteiger partial charge in [-0.25, -0.2) is 0 Å². The lowest BCUT2D eigenvalue weighted by Crippen LogP contribution is -2.17. The van der Waals surface area contributed by atoms with Gasteiger partial charge < -0.3 is 4.74 Å². The van der Waals surface area contributed by atoms with Crippen molar-refractivity contribution < 1.29 is 9.53 Å². The maximum atomic E-state index is 12.7. The fourth-order valence-electron chi connectivity index (χ4n) is 3.74. The van der Waals surface area contributed by atoms with E-state index in [1.54, 1.807) is 0 Å². The third kappa shape index (κ3) is 2.76. The smallest absolute Gasteiger partial charge is 0.201 e. The first-order valence-corrected chi connectivity index (χ1v) is 8.28. The van der Waals surface area contributed by atoms with Crippen LogP contribution in [0.15, 0.2) is 41.7 Å². The molecular weight excluding hydrogens is 260 g/mol. The quantitative estimate of drug-likeness (QED) is 0.738. The second kappa shape index (κ2) is 6.46. The molecule has 0 aromatic heterocycles. The van der Waals surface area contributed by atoms with Crippen molar-refractivity contribution in [1.82, 2.24) is 0 Å². The summed E-state index contributed by atoms with van der Waals surface area (Å²) in [5, 5.41) is 0. The number of ether oxygens (including phenoxy) is 1. The van der Waals surface area contributed by atoms with Crippen molar-refractivity contribution in [3.63, 3.8) is 0 Å². The average molecular weight is 284 g/mol. The molecule has 0 spiro atoms. The first-order valence-electron chi connectivity index (χ1n) is 8.28. The van der Waals surface area contributed by atoms with Crippen molar-refractivity contribution in [3.8, 4) is 0 Å². The highest BCUT2D eigenvalue weighted by atomic mass is 16.5. The molecule has 2 atom stereocenters. The number of allylic oxidation sites excluding steroid dienone is 2. The number of hydrogen-bond donors (Lipinski definition) is 0. The molecule has 0 bridgehead atoms. The summed E-state index contributed by atoms with van der Waals surface area (Å²) < 4.78 is 5.73. The van der Waals surface area contributed by atoms with Gasteiger partial charge in [0.2, 0.25) is 5.78 Å². The average Bonchev–Trinajstić information content (AvgIpc) is 2.82. The van der Waals surface area contributed by atoms with E-state index in [1.807, 2.05) is 6.07 Å². The maximum absolute atomic E-state index is 12.7.